The van der Waals surface area contributed by atoms with Crippen molar-refractivity contribution >= 4 is 23.4 Å². The number of aromatic nitrogens is 3. The summed E-state index contributed by atoms with van der Waals surface area (Å²) in [6.45, 7) is 5.21. The number of amides is 1. The number of aryl methyl sites for hydroxylation is 1. The first-order valence-electron chi connectivity index (χ1n) is 10.1. The SMILES string of the molecule is CC1(C)Cc2ccccc2-c2nnc(SCC(=O)N3CCCc4ccccc43)n21. The number of carbonyl (C=O) groups excluding carboxylic acids is 1. The zero-order valence-electron chi connectivity index (χ0n) is 16.8. The quantitative estimate of drug-likeness (QED) is 0.611. The molecule has 5 rings (SSSR count). The van der Waals surface area contributed by atoms with Gasteiger partial charge < -0.3 is 4.90 Å². The van der Waals surface area contributed by atoms with E-state index in [-0.39, 0.29) is 11.4 Å². The summed E-state index contributed by atoms with van der Waals surface area (Å²) in [5, 5.41) is 9.76. The van der Waals surface area contributed by atoms with E-state index in [4.69, 9.17) is 0 Å². The van der Waals surface area contributed by atoms with E-state index in [9.17, 15) is 4.79 Å². The molecule has 5 nitrogen and oxygen atoms in total. The lowest BCUT2D eigenvalue weighted by atomic mass is 9.87. The van der Waals surface area contributed by atoms with Gasteiger partial charge in [0.1, 0.15) is 0 Å². The van der Waals surface area contributed by atoms with Gasteiger partial charge in [-0.2, -0.15) is 0 Å². The highest BCUT2D eigenvalue weighted by Gasteiger charge is 2.34. The zero-order chi connectivity index (χ0) is 20.0. The summed E-state index contributed by atoms with van der Waals surface area (Å²) in [5.74, 6) is 1.40. The van der Waals surface area contributed by atoms with Crippen molar-refractivity contribution < 1.29 is 4.79 Å². The molecule has 0 N–H and O–H groups in total. The third-order valence-corrected chi connectivity index (χ3v) is 6.77. The standard InChI is InChI=1S/C23H24N4OS/c1-23(2)14-17-9-3-5-11-18(17)21-24-25-22(27(21)23)29-15-20(28)26-13-7-10-16-8-4-6-12-19(16)26/h3-6,8-9,11-12H,7,10,13-15H2,1-2H3. The molecule has 2 aliphatic rings. The topological polar surface area (TPSA) is 51.0 Å². The number of hydrogen-bond donors (Lipinski definition) is 0. The molecule has 3 aromatic rings. The first-order valence-corrected chi connectivity index (χ1v) is 11.1. The second kappa shape index (κ2) is 7.02. The number of carbonyl (C=O) groups is 1. The van der Waals surface area contributed by atoms with Gasteiger partial charge in [-0.1, -0.05) is 54.2 Å². The van der Waals surface area contributed by atoms with Crippen LogP contribution in [0, 0.1) is 0 Å². The van der Waals surface area contributed by atoms with Crippen LogP contribution < -0.4 is 4.90 Å². The molecule has 0 unspecified atom stereocenters. The van der Waals surface area contributed by atoms with E-state index in [1.165, 1.54) is 22.9 Å². The molecule has 6 heteroatoms. The molecule has 2 aromatic carbocycles. The Kier molecular flexibility index (Phi) is 4.46. The van der Waals surface area contributed by atoms with Crippen LogP contribution in [0.4, 0.5) is 5.69 Å². The monoisotopic (exact) mass is 404 g/mol. The molecule has 0 saturated heterocycles. The van der Waals surface area contributed by atoms with Gasteiger partial charge in [-0.25, -0.2) is 0 Å². The maximum atomic E-state index is 13.0. The van der Waals surface area contributed by atoms with Gasteiger partial charge in [-0.15, -0.1) is 10.2 Å². The summed E-state index contributed by atoms with van der Waals surface area (Å²) in [6, 6.07) is 16.6. The van der Waals surface area contributed by atoms with E-state index in [1.807, 2.05) is 23.1 Å². The van der Waals surface area contributed by atoms with Crippen LogP contribution in [0.2, 0.25) is 0 Å². The van der Waals surface area contributed by atoms with Gasteiger partial charge in [0, 0.05) is 23.3 Å². The summed E-state index contributed by atoms with van der Waals surface area (Å²) in [4.78, 5) is 15.0. The predicted octanol–water partition coefficient (Wildman–Crippen LogP) is 4.31. The second-order valence-corrected chi connectivity index (χ2v) is 9.30. The van der Waals surface area contributed by atoms with Crippen molar-refractivity contribution in [2.24, 2.45) is 0 Å². The van der Waals surface area contributed by atoms with Gasteiger partial charge in [0.2, 0.25) is 5.91 Å². The molecular formula is C23H24N4OS. The van der Waals surface area contributed by atoms with E-state index in [0.29, 0.717) is 5.75 Å². The molecule has 0 radical (unpaired) electrons. The molecule has 0 bridgehead atoms. The molecule has 148 valence electrons. The van der Waals surface area contributed by atoms with Crippen molar-refractivity contribution in [3.8, 4) is 11.4 Å². The second-order valence-electron chi connectivity index (χ2n) is 8.35. The molecule has 0 fully saturated rings. The number of thioether (sulfide) groups is 1. The minimum atomic E-state index is -0.129. The highest BCUT2D eigenvalue weighted by molar-refractivity contribution is 7.99. The Bertz CT molecular complexity index is 1090. The molecule has 0 saturated carbocycles. The van der Waals surface area contributed by atoms with Crippen molar-refractivity contribution in [1.29, 1.82) is 0 Å². The zero-order valence-corrected chi connectivity index (χ0v) is 17.6. The van der Waals surface area contributed by atoms with Gasteiger partial charge in [0.15, 0.2) is 11.0 Å². The maximum Gasteiger partial charge on any atom is 0.237 e. The molecule has 1 amide bonds. The fourth-order valence-corrected chi connectivity index (χ4v) is 5.49. The molecule has 29 heavy (non-hydrogen) atoms. The molecule has 0 aliphatic carbocycles. The van der Waals surface area contributed by atoms with Gasteiger partial charge in [0.25, 0.3) is 0 Å². The van der Waals surface area contributed by atoms with Crippen LogP contribution in [0.15, 0.2) is 53.7 Å². The number of fused-ring (bicyclic) bond motifs is 4. The largest absolute Gasteiger partial charge is 0.311 e. The van der Waals surface area contributed by atoms with E-state index in [0.717, 1.165) is 48.0 Å². The Morgan fingerprint density at radius 1 is 1.07 bits per heavy atom. The Balaban J connectivity index is 1.40. The predicted molar refractivity (Wildman–Crippen MR) is 116 cm³/mol. The Labute approximate surface area is 175 Å². The molecule has 2 aliphatic heterocycles. The maximum absolute atomic E-state index is 13.0. The van der Waals surface area contributed by atoms with Gasteiger partial charge in [-0.3, -0.25) is 9.36 Å². The van der Waals surface area contributed by atoms with Crippen LogP contribution in [-0.4, -0.2) is 33.0 Å². The van der Waals surface area contributed by atoms with E-state index in [1.54, 1.807) is 0 Å². The normalized spacial score (nSPS) is 16.7. The molecule has 3 heterocycles. The molecule has 1 aromatic heterocycles. The van der Waals surface area contributed by atoms with Crippen LogP contribution in [0.25, 0.3) is 11.4 Å². The minimum absolute atomic E-state index is 0.129. The van der Waals surface area contributed by atoms with Crippen molar-refractivity contribution in [2.45, 2.75) is 43.8 Å². The van der Waals surface area contributed by atoms with Crippen LogP contribution >= 0.6 is 11.8 Å². The van der Waals surface area contributed by atoms with E-state index < -0.39 is 0 Å². The molecule has 0 spiro atoms. The average Bonchev–Trinajstić information content (AvgIpc) is 3.17. The van der Waals surface area contributed by atoms with Gasteiger partial charge in [-0.05, 0) is 50.3 Å². The van der Waals surface area contributed by atoms with Crippen molar-refractivity contribution in [3.05, 3.63) is 59.7 Å². The average molecular weight is 405 g/mol. The first-order chi connectivity index (χ1) is 14.0. The first kappa shape index (κ1) is 18.4. The Morgan fingerprint density at radius 2 is 1.83 bits per heavy atom. The number of para-hydroxylation sites is 1. The Hall–Kier alpha value is -2.60. The third-order valence-electron chi connectivity index (χ3n) is 5.86. The van der Waals surface area contributed by atoms with E-state index >= 15 is 0 Å². The number of hydrogen-bond acceptors (Lipinski definition) is 4. The third kappa shape index (κ3) is 3.15. The molecular weight excluding hydrogens is 380 g/mol. The summed E-state index contributed by atoms with van der Waals surface area (Å²) >= 11 is 1.49. The Morgan fingerprint density at radius 3 is 2.69 bits per heavy atom. The van der Waals surface area contributed by atoms with Crippen LogP contribution in [0.3, 0.4) is 0 Å². The number of rotatable bonds is 3. The van der Waals surface area contributed by atoms with Crippen molar-refractivity contribution in [1.82, 2.24) is 14.8 Å². The van der Waals surface area contributed by atoms with E-state index in [2.05, 4.69) is 58.9 Å². The van der Waals surface area contributed by atoms with Crippen LogP contribution in [-0.2, 0) is 23.2 Å². The van der Waals surface area contributed by atoms with Crippen LogP contribution in [0.5, 0.6) is 0 Å². The number of anilines is 1. The summed E-state index contributed by atoms with van der Waals surface area (Å²) in [7, 11) is 0. The minimum Gasteiger partial charge on any atom is -0.311 e. The number of nitrogens with zero attached hydrogens (tertiary/aromatic N) is 4. The smallest absolute Gasteiger partial charge is 0.237 e. The van der Waals surface area contributed by atoms with Crippen LogP contribution in [0.1, 0.15) is 31.4 Å². The van der Waals surface area contributed by atoms with Crippen molar-refractivity contribution in [3.63, 3.8) is 0 Å². The summed E-state index contributed by atoms with van der Waals surface area (Å²) < 4.78 is 2.21. The lowest BCUT2D eigenvalue weighted by molar-refractivity contribution is -0.116. The van der Waals surface area contributed by atoms with Crippen molar-refractivity contribution in [2.75, 3.05) is 17.2 Å². The number of benzene rings is 2. The van der Waals surface area contributed by atoms with Gasteiger partial charge >= 0.3 is 0 Å². The highest BCUT2D eigenvalue weighted by Crippen LogP contribution is 2.39. The highest BCUT2D eigenvalue weighted by atomic mass is 32.2. The summed E-state index contributed by atoms with van der Waals surface area (Å²) in [5.41, 5.74) is 4.63. The fourth-order valence-electron chi connectivity index (χ4n) is 4.52. The lowest BCUT2D eigenvalue weighted by Crippen LogP contribution is -2.37. The fraction of sp³-hybridized carbons (Fsp3) is 0.348. The molecule has 0 atom stereocenters. The lowest BCUT2D eigenvalue weighted by Gasteiger charge is -2.34. The van der Waals surface area contributed by atoms with Gasteiger partial charge in [0.05, 0.1) is 5.75 Å². The summed E-state index contributed by atoms with van der Waals surface area (Å²) in [6.07, 6.45) is 2.98.